The molecule has 1 atom stereocenters. The van der Waals surface area contributed by atoms with Gasteiger partial charge >= 0.3 is 0 Å². The number of rotatable bonds is 4. The van der Waals surface area contributed by atoms with Crippen LogP contribution in [0.5, 0.6) is 0 Å². The third-order valence-corrected chi connectivity index (χ3v) is 4.00. The van der Waals surface area contributed by atoms with Crippen molar-refractivity contribution in [3.8, 4) is 0 Å². The second-order valence-corrected chi connectivity index (χ2v) is 5.87. The lowest BCUT2D eigenvalue weighted by atomic mass is 9.84. The van der Waals surface area contributed by atoms with Crippen LogP contribution in [0.15, 0.2) is 24.3 Å². The molecule has 1 unspecified atom stereocenters. The fraction of sp³-hybridized carbons (Fsp3) is 0.625. The maximum atomic E-state index is 6.18. The van der Waals surface area contributed by atoms with Crippen molar-refractivity contribution in [1.82, 2.24) is 4.90 Å². The number of nitrogens with zero attached hydrogens (tertiary/aromatic N) is 1. The minimum Gasteiger partial charge on any atom is -0.323 e. The van der Waals surface area contributed by atoms with Crippen molar-refractivity contribution in [3.05, 3.63) is 35.4 Å². The minimum atomic E-state index is 0.125. The Morgan fingerprint density at radius 3 is 2.28 bits per heavy atom. The quantitative estimate of drug-likeness (QED) is 0.883. The van der Waals surface area contributed by atoms with Crippen LogP contribution in [0.3, 0.4) is 0 Å². The normalized spacial score (nSPS) is 19.1. The fourth-order valence-corrected chi connectivity index (χ4v) is 2.95. The summed E-state index contributed by atoms with van der Waals surface area (Å²) < 4.78 is 0. The average Bonchev–Trinajstić information content (AvgIpc) is 2.39. The molecule has 0 bridgehead atoms. The molecular formula is C16H26N2. The Morgan fingerprint density at radius 1 is 1.11 bits per heavy atom. The summed E-state index contributed by atoms with van der Waals surface area (Å²) in [4.78, 5) is 2.14. The topological polar surface area (TPSA) is 29.3 Å². The Morgan fingerprint density at radius 2 is 1.72 bits per heavy atom. The predicted octanol–water partition coefficient (Wildman–Crippen LogP) is 3.30. The van der Waals surface area contributed by atoms with Crippen molar-refractivity contribution >= 4 is 0 Å². The van der Waals surface area contributed by atoms with E-state index in [0.29, 0.717) is 0 Å². The molecule has 100 valence electrons. The predicted molar refractivity (Wildman–Crippen MR) is 77.8 cm³/mol. The highest BCUT2D eigenvalue weighted by atomic mass is 15.1. The van der Waals surface area contributed by atoms with Crippen molar-refractivity contribution < 1.29 is 0 Å². The summed E-state index contributed by atoms with van der Waals surface area (Å²) in [6.07, 6.45) is 6.94. The Hall–Kier alpha value is -0.860. The molecule has 1 aliphatic carbocycles. The number of likely N-dealkylation sites (N-methyl/N-ethyl adjacent to an activating group) is 1. The summed E-state index contributed by atoms with van der Waals surface area (Å²) in [6.45, 7) is 0.906. The van der Waals surface area contributed by atoms with E-state index in [4.69, 9.17) is 5.73 Å². The van der Waals surface area contributed by atoms with Gasteiger partial charge in [0.1, 0.15) is 0 Å². The van der Waals surface area contributed by atoms with E-state index in [9.17, 15) is 0 Å². The van der Waals surface area contributed by atoms with Gasteiger partial charge in [0.2, 0.25) is 0 Å². The van der Waals surface area contributed by atoms with Gasteiger partial charge in [-0.05, 0) is 44.0 Å². The summed E-state index contributed by atoms with van der Waals surface area (Å²) in [5.74, 6) is 0.790. The first kappa shape index (κ1) is 13.6. The molecular weight excluding hydrogens is 220 g/mol. The molecule has 2 rings (SSSR count). The maximum absolute atomic E-state index is 6.18. The molecule has 1 aromatic rings. The molecule has 2 N–H and O–H groups in total. The molecule has 2 heteroatoms. The second kappa shape index (κ2) is 6.35. The number of nitrogens with two attached hydrogens (primary N) is 1. The molecule has 0 aromatic heterocycles. The number of benzene rings is 1. The first-order chi connectivity index (χ1) is 8.66. The van der Waals surface area contributed by atoms with Crippen molar-refractivity contribution in [2.75, 3.05) is 20.6 Å². The van der Waals surface area contributed by atoms with Gasteiger partial charge in [0, 0.05) is 12.6 Å². The van der Waals surface area contributed by atoms with Crippen LogP contribution in [0.4, 0.5) is 0 Å². The van der Waals surface area contributed by atoms with E-state index >= 15 is 0 Å². The standard InChI is InChI=1S/C16H26N2/c1-18(2)12-16(17)15-10-8-14(9-11-15)13-6-4-3-5-7-13/h8-11,13,16H,3-7,12,17H2,1-2H3. The van der Waals surface area contributed by atoms with E-state index < -0.39 is 0 Å². The van der Waals surface area contributed by atoms with Gasteiger partial charge in [-0.2, -0.15) is 0 Å². The summed E-state index contributed by atoms with van der Waals surface area (Å²) in [5.41, 5.74) is 8.95. The van der Waals surface area contributed by atoms with E-state index in [-0.39, 0.29) is 6.04 Å². The third-order valence-electron chi connectivity index (χ3n) is 4.00. The van der Waals surface area contributed by atoms with Gasteiger partial charge in [0.25, 0.3) is 0 Å². The first-order valence-electron chi connectivity index (χ1n) is 7.17. The van der Waals surface area contributed by atoms with Crippen molar-refractivity contribution in [2.24, 2.45) is 5.73 Å². The highest BCUT2D eigenvalue weighted by molar-refractivity contribution is 5.27. The lowest BCUT2D eigenvalue weighted by molar-refractivity contribution is 0.376. The van der Waals surface area contributed by atoms with E-state index in [0.717, 1.165) is 12.5 Å². The monoisotopic (exact) mass is 246 g/mol. The molecule has 1 fully saturated rings. The van der Waals surface area contributed by atoms with Crippen LogP contribution in [-0.4, -0.2) is 25.5 Å². The van der Waals surface area contributed by atoms with Gasteiger partial charge in [-0.1, -0.05) is 43.5 Å². The molecule has 18 heavy (non-hydrogen) atoms. The Kier molecular flexibility index (Phi) is 4.79. The highest BCUT2D eigenvalue weighted by Crippen LogP contribution is 2.32. The van der Waals surface area contributed by atoms with E-state index in [2.05, 4.69) is 43.3 Å². The SMILES string of the molecule is CN(C)CC(N)c1ccc(C2CCCCC2)cc1. The van der Waals surface area contributed by atoms with Crippen LogP contribution in [0.1, 0.15) is 55.2 Å². The van der Waals surface area contributed by atoms with Gasteiger partial charge in [0.15, 0.2) is 0 Å². The van der Waals surface area contributed by atoms with Crippen molar-refractivity contribution in [3.63, 3.8) is 0 Å². The van der Waals surface area contributed by atoms with Crippen LogP contribution < -0.4 is 5.73 Å². The molecule has 0 radical (unpaired) electrons. The molecule has 0 heterocycles. The Bertz CT molecular complexity index is 350. The third kappa shape index (κ3) is 3.56. The van der Waals surface area contributed by atoms with Crippen molar-refractivity contribution in [2.45, 2.75) is 44.1 Å². The largest absolute Gasteiger partial charge is 0.323 e. The van der Waals surface area contributed by atoms with Gasteiger partial charge in [-0.25, -0.2) is 0 Å². The van der Waals surface area contributed by atoms with Crippen LogP contribution in [0, 0.1) is 0 Å². The Labute approximate surface area is 111 Å². The van der Waals surface area contributed by atoms with E-state index in [1.165, 1.54) is 43.2 Å². The lowest BCUT2D eigenvalue weighted by Gasteiger charge is -2.23. The maximum Gasteiger partial charge on any atom is 0.0424 e. The molecule has 1 aromatic carbocycles. The zero-order valence-corrected chi connectivity index (χ0v) is 11.7. The van der Waals surface area contributed by atoms with Crippen molar-refractivity contribution in [1.29, 1.82) is 0 Å². The zero-order chi connectivity index (χ0) is 13.0. The van der Waals surface area contributed by atoms with E-state index in [1.54, 1.807) is 0 Å². The van der Waals surface area contributed by atoms with Gasteiger partial charge in [-0.15, -0.1) is 0 Å². The van der Waals surface area contributed by atoms with Crippen LogP contribution in [0.25, 0.3) is 0 Å². The Balaban J connectivity index is 2.00. The summed E-state index contributed by atoms with van der Waals surface area (Å²) >= 11 is 0. The summed E-state index contributed by atoms with van der Waals surface area (Å²) in [7, 11) is 4.13. The summed E-state index contributed by atoms with van der Waals surface area (Å²) in [5, 5.41) is 0. The number of hydrogen-bond donors (Lipinski definition) is 1. The molecule has 2 nitrogen and oxygen atoms in total. The minimum absolute atomic E-state index is 0.125. The molecule has 0 spiro atoms. The van der Waals surface area contributed by atoms with Gasteiger partial charge < -0.3 is 10.6 Å². The average molecular weight is 246 g/mol. The molecule has 0 saturated heterocycles. The molecule has 1 aliphatic rings. The smallest absolute Gasteiger partial charge is 0.0424 e. The number of hydrogen-bond acceptors (Lipinski definition) is 2. The van der Waals surface area contributed by atoms with Crippen LogP contribution >= 0.6 is 0 Å². The van der Waals surface area contributed by atoms with Gasteiger partial charge in [0.05, 0.1) is 0 Å². The molecule has 0 amide bonds. The molecule has 1 saturated carbocycles. The fourth-order valence-electron chi connectivity index (χ4n) is 2.95. The second-order valence-electron chi connectivity index (χ2n) is 5.87. The molecule has 0 aliphatic heterocycles. The van der Waals surface area contributed by atoms with Crippen LogP contribution in [0.2, 0.25) is 0 Å². The first-order valence-corrected chi connectivity index (χ1v) is 7.17. The highest BCUT2D eigenvalue weighted by Gasteiger charge is 2.15. The summed E-state index contributed by atoms with van der Waals surface area (Å²) in [6, 6.07) is 9.15. The lowest BCUT2D eigenvalue weighted by Crippen LogP contribution is -2.25. The van der Waals surface area contributed by atoms with Gasteiger partial charge in [-0.3, -0.25) is 0 Å². The zero-order valence-electron chi connectivity index (χ0n) is 11.7. The van der Waals surface area contributed by atoms with Crippen LogP contribution in [-0.2, 0) is 0 Å². The van der Waals surface area contributed by atoms with E-state index in [1.807, 2.05) is 0 Å².